The normalized spacial score (nSPS) is 14.6. The smallest absolute Gasteiger partial charge is 0.466 e. The van der Waals surface area contributed by atoms with Gasteiger partial charge in [0.25, 0.3) is 0 Å². The Hall–Kier alpha value is -2.72. The van der Waals surface area contributed by atoms with Gasteiger partial charge in [0.2, 0.25) is 0 Å². The molecule has 1 N–H and O–H groups in total. The highest BCUT2D eigenvalue weighted by Crippen LogP contribution is 2.42. The van der Waals surface area contributed by atoms with Crippen molar-refractivity contribution in [3.8, 4) is 0 Å². The van der Waals surface area contributed by atoms with Crippen molar-refractivity contribution in [3.05, 3.63) is 48.6 Å². The van der Waals surface area contributed by atoms with Crippen LogP contribution in [0.3, 0.4) is 0 Å². The van der Waals surface area contributed by atoms with Crippen LogP contribution in [0.5, 0.6) is 0 Å². The van der Waals surface area contributed by atoms with Crippen LogP contribution in [0, 0.1) is 0 Å². The van der Waals surface area contributed by atoms with Gasteiger partial charge in [-0.05, 0) is 18.4 Å². The van der Waals surface area contributed by atoms with Crippen molar-refractivity contribution in [1.82, 2.24) is 5.32 Å². The molecule has 1 rings (SSSR count). The third kappa shape index (κ3) is 7.38. The van der Waals surface area contributed by atoms with Gasteiger partial charge in [-0.15, -0.1) is 0 Å². The molecule has 0 saturated carbocycles. The van der Waals surface area contributed by atoms with E-state index in [1.807, 2.05) is 5.32 Å². The molecule has 1 unspecified atom stereocenters. The predicted octanol–water partition coefficient (Wildman–Crippen LogP) is 3.25. The van der Waals surface area contributed by atoms with Gasteiger partial charge in [0.05, 0.1) is 6.61 Å². The van der Waals surface area contributed by atoms with Crippen molar-refractivity contribution in [2.45, 2.75) is 48.9 Å². The Labute approximate surface area is 194 Å². The first-order valence-corrected chi connectivity index (χ1v) is 10.9. The fourth-order valence-corrected chi connectivity index (χ4v) is 2.95. The third-order valence-corrected chi connectivity index (χ3v) is 5.24. The maximum atomic E-state index is 13.8. The molecule has 0 radical (unpaired) electrons. The van der Waals surface area contributed by atoms with Crippen LogP contribution < -0.4 is 5.32 Å². The molecular formula is C19H19F7NO7S-. The van der Waals surface area contributed by atoms with E-state index < -0.39 is 77.5 Å². The zero-order valence-electron chi connectivity index (χ0n) is 17.6. The Kier molecular flexibility index (Phi) is 9.82. The number of carbonyl (C=O) groups is 2. The van der Waals surface area contributed by atoms with E-state index >= 15 is 0 Å². The molecule has 0 saturated heterocycles. The second-order valence-corrected chi connectivity index (χ2v) is 8.31. The van der Waals surface area contributed by atoms with Gasteiger partial charge in [-0.3, -0.25) is 4.79 Å². The van der Waals surface area contributed by atoms with Gasteiger partial charge in [0.15, 0.2) is 10.1 Å². The van der Waals surface area contributed by atoms with Crippen molar-refractivity contribution >= 4 is 22.0 Å². The first kappa shape index (κ1) is 30.3. The van der Waals surface area contributed by atoms with Crippen molar-refractivity contribution in [2.24, 2.45) is 0 Å². The molecule has 1 amide bonds. The van der Waals surface area contributed by atoms with E-state index in [9.17, 15) is 53.3 Å². The molecule has 0 bridgehead atoms. The van der Waals surface area contributed by atoms with Crippen LogP contribution >= 0.6 is 0 Å². The average molecular weight is 538 g/mol. The SMILES string of the molecule is C=CC(=O)OC(OCCCCC(F)(F)C(F)(F)S(=O)(=O)[O-])(C(=O)NCc1ccccc1)C(F)(F)F. The van der Waals surface area contributed by atoms with Crippen LogP contribution in [0.2, 0.25) is 0 Å². The number of benzene rings is 1. The number of rotatable bonds is 13. The molecule has 0 aromatic heterocycles. The van der Waals surface area contributed by atoms with Crippen LogP contribution in [0.1, 0.15) is 24.8 Å². The van der Waals surface area contributed by atoms with Crippen LogP contribution in [-0.2, 0) is 35.7 Å². The topological polar surface area (TPSA) is 122 Å². The summed E-state index contributed by atoms with van der Waals surface area (Å²) in [6.07, 6.45) is -9.25. The maximum Gasteiger partial charge on any atom is 0.466 e. The summed E-state index contributed by atoms with van der Waals surface area (Å²) in [5.74, 6) is -13.3. The lowest BCUT2D eigenvalue weighted by molar-refractivity contribution is -0.347. The van der Waals surface area contributed by atoms with E-state index in [4.69, 9.17) is 0 Å². The maximum absolute atomic E-state index is 13.8. The van der Waals surface area contributed by atoms with E-state index in [-0.39, 0.29) is 0 Å². The standard InChI is InChI=1S/C19H20F7NO7S/c1-2-14(28)34-17(18(22,23)24,15(29)27-12-13-8-4-3-5-9-13)33-11-7-6-10-16(20,21)19(25,26)35(30,31)32/h2-5,8-9H,1,6-7,10-12H2,(H,27,29)(H,30,31,32)/p-1. The zero-order valence-corrected chi connectivity index (χ0v) is 18.4. The van der Waals surface area contributed by atoms with E-state index in [1.54, 1.807) is 6.07 Å². The fraction of sp³-hybridized carbons (Fsp3) is 0.474. The van der Waals surface area contributed by atoms with Gasteiger partial charge in [-0.1, -0.05) is 36.9 Å². The molecule has 0 aliphatic rings. The summed E-state index contributed by atoms with van der Waals surface area (Å²) in [4.78, 5) is 23.9. The summed E-state index contributed by atoms with van der Waals surface area (Å²) in [6, 6.07) is 7.52. The summed E-state index contributed by atoms with van der Waals surface area (Å²) in [5.41, 5.74) is 0.350. The first-order chi connectivity index (χ1) is 15.9. The van der Waals surface area contributed by atoms with Gasteiger partial charge >= 0.3 is 35.0 Å². The lowest BCUT2D eigenvalue weighted by atomic mass is 10.1. The van der Waals surface area contributed by atoms with Crippen LogP contribution in [0.15, 0.2) is 43.0 Å². The molecule has 1 aromatic carbocycles. The second kappa shape index (κ2) is 11.3. The Balaban J connectivity index is 2.99. The highest BCUT2D eigenvalue weighted by Gasteiger charge is 2.66. The molecular weight excluding hydrogens is 519 g/mol. The largest absolute Gasteiger partial charge is 0.743 e. The van der Waals surface area contributed by atoms with Gasteiger partial charge in [0, 0.05) is 19.0 Å². The summed E-state index contributed by atoms with van der Waals surface area (Å²) in [5, 5.41) is -4.10. The number of ether oxygens (including phenoxy) is 2. The highest BCUT2D eigenvalue weighted by atomic mass is 32.2. The summed E-state index contributed by atoms with van der Waals surface area (Å²) in [7, 11) is -6.74. The number of alkyl halides is 7. The monoisotopic (exact) mass is 538 g/mol. The molecule has 0 fully saturated rings. The molecule has 8 nitrogen and oxygen atoms in total. The molecule has 1 atom stereocenters. The number of unbranched alkanes of at least 4 members (excludes halogenated alkanes) is 1. The van der Waals surface area contributed by atoms with E-state index in [1.165, 1.54) is 24.3 Å². The van der Waals surface area contributed by atoms with E-state index in [2.05, 4.69) is 16.1 Å². The summed E-state index contributed by atoms with van der Waals surface area (Å²) >= 11 is 0. The van der Waals surface area contributed by atoms with Crippen molar-refractivity contribution in [2.75, 3.05) is 6.61 Å². The second-order valence-electron chi connectivity index (χ2n) is 6.89. The quantitative estimate of drug-likeness (QED) is 0.102. The van der Waals surface area contributed by atoms with Crippen molar-refractivity contribution < 1.29 is 62.8 Å². The lowest BCUT2D eigenvalue weighted by Crippen LogP contribution is -2.61. The van der Waals surface area contributed by atoms with Crippen molar-refractivity contribution in [1.29, 1.82) is 0 Å². The Bertz CT molecular complexity index is 1000. The first-order valence-electron chi connectivity index (χ1n) is 9.50. The van der Waals surface area contributed by atoms with E-state index in [0.29, 0.717) is 11.6 Å². The molecule has 198 valence electrons. The number of nitrogens with one attached hydrogen (secondary N) is 1. The minimum absolute atomic E-state index is 0.292. The molecule has 1 aromatic rings. The number of hydrogen-bond acceptors (Lipinski definition) is 7. The van der Waals surface area contributed by atoms with Crippen molar-refractivity contribution in [3.63, 3.8) is 0 Å². The number of carbonyl (C=O) groups excluding carboxylic acids is 2. The van der Waals surface area contributed by atoms with Gasteiger partial charge in [-0.2, -0.15) is 30.7 Å². The van der Waals surface area contributed by atoms with Gasteiger partial charge in [0.1, 0.15) is 0 Å². The van der Waals surface area contributed by atoms with Gasteiger partial charge < -0.3 is 19.3 Å². The minimum Gasteiger partial charge on any atom is -0.743 e. The summed E-state index contributed by atoms with van der Waals surface area (Å²) < 4.78 is 134. The van der Waals surface area contributed by atoms with Gasteiger partial charge in [-0.25, -0.2) is 13.2 Å². The third-order valence-electron chi connectivity index (χ3n) is 4.31. The molecule has 0 aliphatic carbocycles. The number of amides is 1. The Morgan fingerprint density at radius 1 is 1.03 bits per heavy atom. The zero-order chi connectivity index (χ0) is 27.1. The molecule has 0 heterocycles. The highest BCUT2D eigenvalue weighted by molar-refractivity contribution is 7.86. The fourth-order valence-electron chi connectivity index (χ4n) is 2.48. The number of esters is 1. The minimum atomic E-state index is -6.74. The predicted molar refractivity (Wildman–Crippen MR) is 103 cm³/mol. The molecule has 35 heavy (non-hydrogen) atoms. The summed E-state index contributed by atoms with van der Waals surface area (Å²) in [6.45, 7) is 1.21. The molecule has 16 heteroatoms. The number of hydrogen-bond donors (Lipinski definition) is 1. The molecule has 0 spiro atoms. The Morgan fingerprint density at radius 2 is 1.60 bits per heavy atom. The average Bonchev–Trinajstić information content (AvgIpc) is 2.75. The lowest BCUT2D eigenvalue weighted by Gasteiger charge is -2.33. The molecule has 0 aliphatic heterocycles. The van der Waals surface area contributed by atoms with Crippen LogP contribution in [-0.4, -0.2) is 54.6 Å². The van der Waals surface area contributed by atoms with E-state index in [0.717, 1.165) is 0 Å². The van der Waals surface area contributed by atoms with Crippen LogP contribution in [0.4, 0.5) is 30.7 Å². The number of halogens is 7. The Morgan fingerprint density at radius 3 is 2.09 bits per heavy atom. The van der Waals surface area contributed by atoms with Crippen LogP contribution in [0.25, 0.3) is 0 Å².